The van der Waals surface area contributed by atoms with E-state index in [4.69, 9.17) is 14.7 Å². The first-order valence-corrected chi connectivity index (χ1v) is 10.1. The van der Waals surface area contributed by atoms with Gasteiger partial charge in [-0.2, -0.15) is 0 Å². The Balaban J connectivity index is 1.62. The average molecular weight is 390 g/mol. The van der Waals surface area contributed by atoms with Crippen molar-refractivity contribution in [3.8, 4) is 0 Å². The van der Waals surface area contributed by atoms with Crippen LogP contribution in [0.4, 0.5) is 10.6 Å². The Labute approximate surface area is 171 Å². The molecule has 3 aromatic rings. The molecule has 0 saturated carbocycles. The van der Waals surface area contributed by atoms with E-state index in [0.29, 0.717) is 26.1 Å². The van der Waals surface area contributed by atoms with Crippen LogP contribution in [0.5, 0.6) is 0 Å². The Morgan fingerprint density at radius 3 is 2.48 bits per heavy atom. The van der Waals surface area contributed by atoms with Crippen LogP contribution in [0.15, 0.2) is 48.5 Å². The number of carbonyl (C=O) groups is 1. The van der Waals surface area contributed by atoms with Gasteiger partial charge in [0.05, 0.1) is 12.1 Å². The van der Waals surface area contributed by atoms with E-state index in [1.807, 2.05) is 25.1 Å². The number of nitrogens with zero attached hydrogens (tertiary/aromatic N) is 4. The number of hydrogen-bond donors (Lipinski definition) is 0. The maximum absolute atomic E-state index is 12.0. The van der Waals surface area contributed by atoms with E-state index in [2.05, 4.69) is 42.2 Å². The highest BCUT2D eigenvalue weighted by molar-refractivity contribution is 5.89. The molecule has 0 unspecified atom stereocenters. The number of amides is 1. The van der Waals surface area contributed by atoms with Crippen molar-refractivity contribution in [2.45, 2.75) is 20.3 Å². The molecule has 1 aliphatic heterocycles. The third-order valence-electron chi connectivity index (χ3n) is 5.34. The number of hydrogen-bond acceptors (Lipinski definition) is 5. The SMILES string of the molecule is CCOC(=O)N1CCN(c2nc(Cc3ccccc3C)nc3ccccc23)CC1. The fourth-order valence-corrected chi connectivity index (χ4v) is 3.72. The van der Waals surface area contributed by atoms with Gasteiger partial charge in [0.2, 0.25) is 0 Å². The van der Waals surface area contributed by atoms with E-state index < -0.39 is 0 Å². The second-order valence-electron chi connectivity index (χ2n) is 7.26. The van der Waals surface area contributed by atoms with Crippen molar-refractivity contribution in [3.05, 3.63) is 65.5 Å². The van der Waals surface area contributed by atoms with Gasteiger partial charge in [-0.25, -0.2) is 14.8 Å². The van der Waals surface area contributed by atoms with Crippen LogP contribution in [0.3, 0.4) is 0 Å². The minimum atomic E-state index is -0.236. The van der Waals surface area contributed by atoms with Gasteiger partial charge in [-0.3, -0.25) is 0 Å². The number of rotatable bonds is 4. The number of piperazine rings is 1. The Kier molecular flexibility index (Phi) is 5.60. The molecule has 150 valence electrons. The standard InChI is InChI=1S/C23H26N4O2/c1-3-29-23(28)27-14-12-26(13-15-27)22-19-10-6-7-11-20(19)24-21(25-22)16-18-9-5-4-8-17(18)2/h4-11H,3,12-16H2,1-2H3. The molecule has 2 heterocycles. The number of aryl methyl sites for hydroxylation is 1. The first-order chi connectivity index (χ1) is 14.2. The van der Waals surface area contributed by atoms with Gasteiger partial charge < -0.3 is 14.5 Å². The van der Waals surface area contributed by atoms with Crippen molar-refractivity contribution in [3.63, 3.8) is 0 Å². The van der Waals surface area contributed by atoms with Crippen LogP contribution in [0, 0.1) is 6.92 Å². The molecule has 0 radical (unpaired) electrons. The van der Waals surface area contributed by atoms with Gasteiger partial charge >= 0.3 is 6.09 Å². The molecule has 1 aromatic heterocycles. The molecule has 0 N–H and O–H groups in total. The summed E-state index contributed by atoms with van der Waals surface area (Å²) < 4.78 is 5.13. The predicted molar refractivity (Wildman–Crippen MR) is 114 cm³/mol. The normalized spacial score (nSPS) is 14.3. The highest BCUT2D eigenvalue weighted by Crippen LogP contribution is 2.26. The molecule has 0 spiro atoms. The number of aromatic nitrogens is 2. The van der Waals surface area contributed by atoms with Crippen LogP contribution >= 0.6 is 0 Å². The number of fused-ring (bicyclic) bond motifs is 1. The third-order valence-corrected chi connectivity index (χ3v) is 5.34. The molecule has 0 bridgehead atoms. The highest BCUT2D eigenvalue weighted by atomic mass is 16.6. The Bertz CT molecular complexity index is 1010. The van der Waals surface area contributed by atoms with Crippen LogP contribution in [-0.2, 0) is 11.2 Å². The molecule has 0 aliphatic carbocycles. The van der Waals surface area contributed by atoms with Crippen LogP contribution < -0.4 is 4.90 Å². The summed E-state index contributed by atoms with van der Waals surface area (Å²) in [6, 6.07) is 16.5. The van der Waals surface area contributed by atoms with Gasteiger partial charge in [0.25, 0.3) is 0 Å². The van der Waals surface area contributed by atoms with Gasteiger partial charge in [-0.05, 0) is 37.1 Å². The Morgan fingerprint density at radius 2 is 1.72 bits per heavy atom. The van der Waals surface area contributed by atoms with E-state index in [9.17, 15) is 4.79 Å². The lowest BCUT2D eigenvalue weighted by atomic mass is 10.1. The summed E-state index contributed by atoms with van der Waals surface area (Å²) in [5.41, 5.74) is 3.43. The zero-order valence-electron chi connectivity index (χ0n) is 17.0. The zero-order chi connectivity index (χ0) is 20.2. The molecule has 1 amide bonds. The highest BCUT2D eigenvalue weighted by Gasteiger charge is 2.24. The van der Waals surface area contributed by atoms with Crippen LogP contribution in [0.2, 0.25) is 0 Å². The predicted octanol–water partition coefficient (Wildman–Crippen LogP) is 3.81. The number of benzene rings is 2. The summed E-state index contributed by atoms with van der Waals surface area (Å²) in [4.78, 5) is 25.8. The van der Waals surface area contributed by atoms with Gasteiger partial charge in [0.15, 0.2) is 0 Å². The molecule has 6 nitrogen and oxygen atoms in total. The van der Waals surface area contributed by atoms with Crippen LogP contribution in [0.25, 0.3) is 10.9 Å². The molecule has 1 saturated heterocycles. The smallest absolute Gasteiger partial charge is 0.409 e. The van der Waals surface area contributed by atoms with E-state index in [1.165, 1.54) is 11.1 Å². The first-order valence-electron chi connectivity index (χ1n) is 10.1. The van der Waals surface area contributed by atoms with Crippen molar-refractivity contribution in [1.82, 2.24) is 14.9 Å². The minimum Gasteiger partial charge on any atom is -0.450 e. The fraction of sp³-hybridized carbons (Fsp3) is 0.348. The maximum atomic E-state index is 12.0. The molecule has 6 heteroatoms. The number of anilines is 1. The molecular weight excluding hydrogens is 364 g/mol. The van der Waals surface area contributed by atoms with Gasteiger partial charge in [0, 0.05) is 38.0 Å². The van der Waals surface area contributed by atoms with Gasteiger partial charge in [-0.15, -0.1) is 0 Å². The minimum absolute atomic E-state index is 0.236. The van der Waals surface area contributed by atoms with Crippen molar-refractivity contribution in [2.24, 2.45) is 0 Å². The lowest BCUT2D eigenvalue weighted by Gasteiger charge is -2.35. The number of ether oxygens (including phenoxy) is 1. The summed E-state index contributed by atoms with van der Waals surface area (Å²) in [5, 5.41) is 1.05. The summed E-state index contributed by atoms with van der Waals surface area (Å²) in [7, 11) is 0. The Morgan fingerprint density at radius 1 is 1.00 bits per heavy atom. The largest absolute Gasteiger partial charge is 0.450 e. The Hall–Kier alpha value is -3.15. The third kappa shape index (κ3) is 4.16. The molecular formula is C23H26N4O2. The summed E-state index contributed by atoms with van der Waals surface area (Å²) in [6.07, 6.45) is 0.466. The van der Waals surface area contributed by atoms with Crippen LogP contribution in [-0.4, -0.2) is 53.7 Å². The molecule has 0 atom stereocenters. The van der Waals surface area contributed by atoms with Crippen molar-refractivity contribution in [1.29, 1.82) is 0 Å². The fourth-order valence-electron chi connectivity index (χ4n) is 3.72. The molecule has 1 fully saturated rings. The topological polar surface area (TPSA) is 58.6 Å². The first kappa shape index (κ1) is 19.2. The van der Waals surface area contributed by atoms with E-state index >= 15 is 0 Å². The molecule has 2 aromatic carbocycles. The van der Waals surface area contributed by atoms with Crippen molar-refractivity contribution in [2.75, 3.05) is 37.7 Å². The quantitative estimate of drug-likeness (QED) is 0.678. The lowest BCUT2D eigenvalue weighted by Crippen LogP contribution is -2.49. The van der Waals surface area contributed by atoms with E-state index in [-0.39, 0.29) is 6.09 Å². The summed E-state index contributed by atoms with van der Waals surface area (Å²) >= 11 is 0. The van der Waals surface area contributed by atoms with Gasteiger partial charge in [-0.1, -0.05) is 36.4 Å². The number of para-hydroxylation sites is 1. The molecule has 29 heavy (non-hydrogen) atoms. The maximum Gasteiger partial charge on any atom is 0.409 e. The summed E-state index contributed by atoms with van der Waals surface area (Å²) in [5.74, 6) is 1.77. The van der Waals surface area contributed by atoms with E-state index in [1.54, 1.807) is 4.90 Å². The second-order valence-corrected chi connectivity index (χ2v) is 7.26. The second kappa shape index (κ2) is 8.47. The molecule has 4 rings (SSSR count). The van der Waals surface area contributed by atoms with Crippen LogP contribution in [0.1, 0.15) is 23.9 Å². The number of carbonyl (C=O) groups excluding carboxylic acids is 1. The molecule has 1 aliphatic rings. The zero-order valence-corrected chi connectivity index (χ0v) is 17.0. The van der Waals surface area contributed by atoms with E-state index in [0.717, 1.165) is 35.6 Å². The van der Waals surface area contributed by atoms with Gasteiger partial charge in [0.1, 0.15) is 11.6 Å². The lowest BCUT2D eigenvalue weighted by molar-refractivity contribution is 0.105. The monoisotopic (exact) mass is 390 g/mol. The summed E-state index contributed by atoms with van der Waals surface area (Å²) in [6.45, 7) is 7.06. The van der Waals surface area contributed by atoms with Crippen molar-refractivity contribution < 1.29 is 9.53 Å². The average Bonchev–Trinajstić information content (AvgIpc) is 2.75. The van der Waals surface area contributed by atoms with Crippen molar-refractivity contribution >= 4 is 22.8 Å².